The van der Waals surface area contributed by atoms with E-state index in [9.17, 15) is 8.78 Å². The fourth-order valence-corrected chi connectivity index (χ4v) is 5.14. The number of ether oxygens (including phenoxy) is 1. The summed E-state index contributed by atoms with van der Waals surface area (Å²) >= 11 is 0. The van der Waals surface area contributed by atoms with Gasteiger partial charge in [-0.25, -0.2) is 8.78 Å². The van der Waals surface area contributed by atoms with Crippen molar-refractivity contribution in [3.05, 3.63) is 59.2 Å². The predicted octanol–water partition coefficient (Wildman–Crippen LogP) is 9.58. The lowest BCUT2D eigenvalue weighted by molar-refractivity contribution is 0.114. The van der Waals surface area contributed by atoms with Gasteiger partial charge in [-0.1, -0.05) is 95.2 Å². The Morgan fingerprint density at radius 2 is 1.45 bits per heavy atom. The lowest BCUT2D eigenvalue weighted by Crippen LogP contribution is -2.13. The van der Waals surface area contributed by atoms with Crippen LogP contribution in [0.15, 0.2) is 36.4 Å². The average molecular weight is 457 g/mol. The molecule has 0 heterocycles. The van der Waals surface area contributed by atoms with Gasteiger partial charge in [0.2, 0.25) is 0 Å². The first-order valence-corrected chi connectivity index (χ1v) is 13.3. The monoisotopic (exact) mass is 456 g/mol. The molecule has 0 N–H and O–H groups in total. The Labute approximate surface area is 199 Å². The fraction of sp³-hybridized carbons (Fsp3) is 0.600. The maximum atomic E-state index is 14.8. The number of hydrogen-bond acceptors (Lipinski definition) is 1. The molecule has 0 radical (unpaired) electrons. The van der Waals surface area contributed by atoms with Crippen molar-refractivity contribution in [3.8, 4) is 11.1 Å². The van der Waals surface area contributed by atoms with E-state index in [1.54, 1.807) is 12.1 Å². The third-order valence-electron chi connectivity index (χ3n) is 7.32. The van der Waals surface area contributed by atoms with Gasteiger partial charge in [0.15, 0.2) is 11.6 Å². The molecule has 2 aromatic rings. The normalized spacial score (nSPS) is 18.5. The van der Waals surface area contributed by atoms with Crippen LogP contribution in [-0.4, -0.2) is 6.61 Å². The first-order valence-electron chi connectivity index (χ1n) is 13.3. The summed E-state index contributed by atoms with van der Waals surface area (Å²) in [5.74, 6) is -0.0724. The van der Waals surface area contributed by atoms with Crippen LogP contribution in [0.2, 0.25) is 0 Å². The Balaban J connectivity index is 1.54. The highest BCUT2D eigenvalue weighted by Gasteiger charge is 2.22. The first-order chi connectivity index (χ1) is 16.1. The summed E-state index contributed by atoms with van der Waals surface area (Å²) in [5, 5.41) is 0. The molecule has 1 fully saturated rings. The van der Waals surface area contributed by atoms with Crippen molar-refractivity contribution in [2.45, 2.75) is 103 Å². The van der Waals surface area contributed by atoms with E-state index in [1.807, 2.05) is 12.1 Å². The summed E-state index contributed by atoms with van der Waals surface area (Å²) in [5.41, 5.74) is 2.68. The van der Waals surface area contributed by atoms with Crippen LogP contribution in [0.3, 0.4) is 0 Å². The van der Waals surface area contributed by atoms with Gasteiger partial charge in [-0.3, -0.25) is 0 Å². The number of rotatable bonds is 13. The van der Waals surface area contributed by atoms with Gasteiger partial charge >= 0.3 is 0 Å². The molecule has 0 saturated heterocycles. The second-order valence-electron chi connectivity index (χ2n) is 9.85. The SMILES string of the molecule is CCCCCCOCc1ccc(-c2ccc(C3CCC(CCCCC)CC3)cc2)c(F)c1F. The molecule has 0 atom stereocenters. The summed E-state index contributed by atoms with van der Waals surface area (Å²) in [4.78, 5) is 0. The van der Waals surface area contributed by atoms with Gasteiger partial charge in [0, 0.05) is 17.7 Å². The zero-order valence-corrected chi connectivity index (χ0v) is 20.7. The molecule has 1 aliphatic rings. The van der Waals surface area contributed by atoms with E-state index in [4.69, 9.17) is 4.74 Å². The van der Waals surface area contributed by atoms with Gasteiger partial charge in [-0.2, -0.15) is 0 Å². The van der Waals surface area contributed by atoms with E-state index in [-0.39, 0.29) is 6.61 Å². The van der Waals surface area contributed by atoms with Crippen LogP contribution < -0.4 is 0 Å². The molecule has 1 aliphatic carbocycles. The minimum Gasteiger partial charge on any atom is -0.377 e. The zero-order chi connectivity index (χ0) is 23.5. The molecule has 0 amide bonds. The maximum absolute atomic E-state index is 14.8. The topological polar surface area (TPSA) is 9.23 Å². The van der Waals surface area contributed by atoms with Crippen molar-refractivity contribution in [1.29, 1.82) is 0 Å². The highest BCUT2D eigenvalue weighted by atomic mass is 19.2. The number of hydrogen-bond donors (Lipinski definition) is 0. The first kappa shape index (κ1) is 25.9. The lowest BCUT2D eigenvalue weighted by atomic mass is 9.77. The van der Waals surface area contributed by atoms with Crippen LogP contribution >= 0.6 is 0 Å². The van der Waals surface area contributed by atoms with Crippen LogP contribution in [0.1, 0.15) is 108 Å². The molecule has 182 valence electrons. The van der Waals surface area contributed by atoms with E-state index in [0.717, 1.165) is 24.3 Å². The van der Waals surface area contributed by atoms with E-state index in [2.05, 4.69) is 26.0 Å². The Kier molecular flexibility index (Phi) is 10.9. The quantitative estimate of drug-likeness (QED) is 0.273. The molecule has 0 unspecified atom stereocenters. The standard InChI is InChI=1S/C30H42F2O/c1-3-5-7-9-21-33-22-27-19-20-28(30(32)29(27)31)26-17-15-25(16-18-26)24-13-11-23(12-14-24)10-8-6-4-2/h15-20,23-24H,3-14,21-22H2,1-2H3. The third-order valence-corrected chi connectivity index (χ3v) is 7.32. The highest BCUT2D eigenvalue weighted by Crippen LogP contribution is 2.38. The van der Waals surface area contributed by atoms with Gasteiger partial charge in [0.05, 0.1) is 6.61 Å². The average Bonchev–Trinajstić information content (AvgIpc) is 2.85. The Morgan fingerprint density at radius 1 is 0.758 bits per heavy atom. The Morgan fingerprint density at radius 3 is 2.15 bits per heavy atom. The minimum absolute atomic E-state index is 0.120. The van der Waals surface area contributed by atoms with E-state index in [1.165, 1.54) is 69.8 Å². The fourth-order valence-electron chi connectivity index (χ4n) is 5.14. The summed E-state index contributed by atoms with van der Waals surface area (Å²) < 4.78 is 35.0. The van der Waals surface area contributed by atoms with Crippen LogP contribution in [0.25, 0.3) is 11.1 Å². The van der Waals surface area contributed by atoms with Crippen molar-refractivity contribution < 1.29 is 13.5 Å². The van der Waals surface area contributed by atoms with Gasteiger partial charge in [-0.05, 0) is 55.1 Å². The molecule has 0 aliphatic heterocycles. The van der Waals surface area contributed by atoms with Crippen LogP contribution in [0.4, 0.5) is 8.78 Å². The zero-order valence-electron chi connectivity index (χ0n) is 20.7. The van der Waals surface area contributed by atoms with Crippen LogP contribution in [0.5, 0.6) is 0 Å². The number of halogens is 2. The van der Waals surface area contributed by atoms with Crippen molar-refractivity contribution in [1.82, 2.24) is 0 Å². The maximum Gasteiger partial charge on any atom is 0.167 e. The van der Waals surface area contributed by atoms with Crippen molar-refractivity contribution in [3.63, 3.8) is 0 Å². The van der Waals surface area contributed by atoms with Gasteiger partial charge < -0.3 is 4.74 Å². The molecule has 33 heavy (non-hydrogen) atoms. The van der Waals surface area contributed by atoms with E-state index >= 15 is 0 Å². The van der Waals surface area contributed by atoms with E-state index in [0.29, 0.717) is 23.7 Å². The lowest BCUT2D eigenvalue weighted by Gasteiger charge is -2.29. The highest BCUT2D eigenvalue weighted by molar-refractivity contribution is 5.65. The number of unbranched alkanes of at least 4 members (excludes halogenated alkanes) is 5. The number of benzene rings is 2. The molecule has 0 aromatic heterocycles. The van der Waals surface area contributed by atoms with Gasteiger partial charge in [0.25, 0.3) is 0 Å². The van der Waals surface area contributed by atoms with Crippen molar-refractivity contribution >= 4 is 0 Å². The van der Waals surface area contributed by atoms with Crippen molar-refractivity contribution in [2.75, 3.05) is 6.61 Å². The molecule has 3 rings (SSSR count). The van der Waals surface area contributed by atoms with Gasteiger partial charge in [-0.15, -0.1) is 0 Å². The molecule has 1 nitrogen and oxygen atoms in total. The Bertz CT molecular complexity index is 822. The second-order valence-corrected chi connectivity index (χ2v) is 9.85. The summed E-state index contributed by atoms with van der Waals surface area (Å²) in [7, 11) is 0. The molecule has 1 saturated carbocycles. The molecular weight excluding hydrogens is 414 g/mol. The van der Waals surface area contributed by atoms with Crippen molar-refractivity contribution in [2.24, 2.45) is 5.92 Å². The molecule has 0 spiro atoms. The Hall–Kier alpha value is -1.74. The molecule has 2 aromatic carbocycles. The molecular formula is C30H42F2O. The van der Waals surface area contributed by atoms with Crippen LogP contribution in [-0.2, 0) is 11.3 Å². The largest absolute Gasteiger partial charge is 0.377 e. The van der Waals surface area contributed by atoms with E-state index < -0.39 is 11.6 Å². The molecule has 0 bridgehead atoms. The third kappa shape index (κ3) is 7.64. The summed E-state index contributed by atoms with van der Waals surface area (Å²) in [6, 6.07) is 11.5. The summed E-state index contributed by atoms with van der Waals surface area (Å²) in [6.45, 7) is 5.13. The van der Waals surface area contributed by atoms with Crippen LogP contribution in [0, 0.1) is 17.6 Å². The minimum atomic E-state index is -0.786. The smallest absolute Gasteiger partial charge is 0.167 e. The van der Waals surface area contributed by atoms with Gasteiger partial charge in [0.1, 0.15) is 0 Å². The second kappa shape index (κ2) is 13.8. The molecule has 3 heteroatoms. The predicted molar refractivity (Wildman–Crippen MR) is 134 cm³/mol. The summed E-state index contributed by atoms with van der Waals surface area (Å²) in [6.07, 6.45) is 14.9.